The van der Waals surface area contributed by atoms with Crippen molar-refractivity contribution in [3.05, 3.63) is 81.3 Å². The molecule has 0 bridgehead atoms. The lowest BCUT2D eigenvalue weighted by Gasteiger charge is -2.10. The van der Waals surface area contributed by atoms with E-state index in [2.05, 4.69) is 45.3 Å². The summed E-state index contributed by atoms with van der Waals surface area (Å²) in [6.07, 6.45) is 1.44. The fourth-order valence-electron chi connectivity index (χ4n) is 3.12. The number of nitrogens with zero attached hydrogens (tertiary/aromatic N) is 4. The molecule has 0 spiro atoms. The first-order valence-electron chi connectivity index (χ1n) is 9.52. The number of fused-ring (bicyclic) bond motifs is 1. The van der Waals surface area contributed by atoms with Crippen LogP contribution in [0, 0.1) is 0 Å². The van der Waals surface area contributed by atoms with Gasteiger partial charge in [0.05, 0.1) is 5.69 Å². The third-order valence-corrected chi connectivity index (χ3v) is 5.29. The number of nitrogens with one attached hydrogen (secondary N) is 1. The highest BCUT2D eigenvalue weighted by molar-refractivity contribution is 9.10. The molecule has 0 unspecified atom stereocenters. The molecule has 0 aliphatic rings. The van der Waals surface area contributed by atoms with Crippen LogP contribution in [0.4, 0.5) is 5.69 Å². The number of amides is 1. The van der Waals surface area contributed by atoms with Gasteiger partial charge >= 0.3 is 0 Å². The van der Waals surface area contributed by atoms with Crippen molar-refractivity contribution in [3.8, 4) is 11.3 Å². The van der Waals surface area contributed by atoms with E-state index in [0.29, 0.717) is 22.8 Å². The summed E-state index contributed by atoms with van der Waals surface area (Å²) in [7, 11) is 0. The van der Waals surface area contributed by atoms with Gasteiger partial charge in [0.25, 0.3) is 5.56 Å². The number of carbonyl (C=O) groups excluding carboxylic acids is 1. The molecule has 1 N–H and O–H groups in total. The van der Waals surface area contributed by atoms with E-state index in [1.807, 2.05) is 48.5 Å². The van der Waals surface area contributed by atoms with Crippen molar-refractivity contribution < 1.29 is 4.79 Å². The van der Waals surface area contributed by atoms with Gasteiger partial charge in [0.1, 0.15) is 18.4 Å². The molecule has 1 amide bonds. The van der Waals surface area contributed by atoms with E-state index in [-0.39, 0.29) is 18.0 Å². The van der Waals surface area contributed by atoms with Crippen LogP contribution in [0.1, 0.15) is 25.3 Å². The highest BCUT2D eigenvalue weighted by atomic mass is 79.9. The van der Waals surface area contributed by atoms with E-state index in [0.717, 1.165) is 20.3 Å². The summed E-state index contributed by atoms with van der Waals surface area (Å²) in [6, 6.07) is 17.0. The topological polar surface area (TPSA) is 81.3 Å². The van der Waals surface area contributed by atoms with Gasteiger partial charge in [-0.05, 0) is 41.8 Å². The van der Waals surface area contributed by atoms with Gasteiger partial charge in [0, 0.05) is 15.7 Å². The summed E-state index contributed by atoms with van der Waals surface area (Å²) in [5, 5.41) is 11.3. The quantitative estimate of drug-likeness (QED) is 0.481. The molecule has 7 nitrogen and oxygen atoms in total. The average molecular weight is 466 g/mol. The molecule has 2 heterocycles. The number of hydrogen-bond acceptors (Lipinski definition) is 4. The third-order valence-electron chi connectivity index (χ3n) is 4.76. The third kappa shape index (κ3) is 4.18. The Kier molecular flexibility index (Phi) is 5.50. The van der Waals surface area contributed by atoms with E-state index >= 15 is 0 Å². The molecule has 8 heteroatoms. The first kappa shape index (κ1) is 20.0. The summed E-state index contributed by atoms with van der Waals surface area (Å²) >= 11 is 3.40. The van der Waals surface area contributed by atoms with Gasteiger partial charge in [-0.25, -0.2) is 9.20 Å². The van der Waals surface area contributed by atoms with Crippen LogP contribution >= 0.6 is 15.9 Å². The van der Waals surface area contributed by atoms with E-state index in [1.54, 1.807) is 6.07 Å². The number of rotatable bonds is 5. The van der Waals surface area contributed by atoms with Crippen molar-refractivity contribution in [1.82, 2.24) is 19.4 Å². The standard InChI is InChI=1S/C22H20BrN5O2/c1-14(2)16-4-3-5-18(10-16)25-21(29)12-27-22(30)20-11-19(26-28(20)13-24-27)15-6-8-17(23)9-7-15/h3-11,13-14H,12H2,1-2H3,(H,25,29). The van der Waals surface area contributed by atoms with Crippen LogP contribution in [-0.2, 0) is 11.3 Å². The summed E-state index contributed by atoms with van der Waals surface area (Å²) < 4.78 is 3.54. The summed E-state index contributed by atoms with van der Waals surface area (Å²) in [5.41, 5.74) is 3.35. The van der Waals surface area contributed by atoms with Crippen molar-refractivity contribution >= 4 is 33.0 Å². The van der Waals surface area contributed by atoms with Crippen molar-refractivity contribution in [1.29, 1.82) is 0 Å². The monoisotopic (exact) mass is 465 g/mol. The Morgan fingerprint density at radius 3 is 2.63 bits per heavy atom. The molecule has 2 aromatic heterocycles. The molecule has 0 fully saturated rings. The maximum Gasteiger partial charge on any atom is 0.293 e. The molecule has 2 aromatic carbocycles. The second-order valence-corrected chi connectivity index (χ2v) is 8.20. The maximum absolute atomic E-state index is 12.8. The van der Waals surface area contributed by atoms with Gasteiger partial charge in [-0.15, -0.1) is 0 Å². The number of aromatic nitrogens is 4. The largest absolute Gasteiger partial charge is 0.324 e. The zero-order chi connectivity index (χ0) is 21.3. The molecule has 0 saturated carbocycles. The van der Waals surface area contributed by atoms with Gasteiger partial charge in [0.15, 0.2) is 0 Å². The summed E-state index contributed by atoms with van der Waals surface area (Å²) in [5.74, 6) is 0.0397. The van der Waals surface area contributed by atoms with Gasteiger partial charge in [0.2, 0.25) is 5.91 Å². The molecule has 4 aromatic rings. The summed E-state index contributed by atoms with van der Waals surface area (Å²) in [4.78, 5) is 25.3. The normalized spacial score (nSPS) is 11.2. The molecular formula is C22H20BrN5O2. The minimum Gasteiger partial charge on any atom is -0.324 e. The van der Waals surface area contributed by atoms with Gasteiger partial charge in [-0.2, -0.15) is 10.2 Å². The van der Waals surface area contributed by atoms with Crippen LogP contribution in [0.2, 0.25) is 0 Å². The highest BCUT2D eigenvalue weighted by Gasteiger charge is 2.13. The predicted molar refractivity (Wildman–Crippen MR) is 120 cm³/mol. The summed E-state index contributed by atoms with van der Waals surface area (Å²) in [6.45, 7) is 4.00. The average Bonchev–Trinajstić information content (AvgIpc) is 3.16. The number of hydrogen-bond donors (Lipinski definition) is 1. The van der Waals surface area contributed by atoms with Crippen molar-refractivity contribution in [2.45, 2.75) is 26.3 Å². The first-order chi connectivity index (χ1) is 14.4. The molecule has 4 rings (SSSR count). The minimum atomic E-state index is -0.376. The zero-order valence-electron chi connectivity index (χ0n) is 16.5. The molecule has 0 radical (unpaired) electrons. The highest BCUT2D eigenvalue weighted by Crippen LogP contribution is 2.21. The SMILES string of the molecule is CC(C)c1cccc(NC(=O)Cn2ncn3nc(-c4ccc(Br)cc4)cc3c2=O)c1. The number of halogens is 1. The second kappa shape index (κ2) is 8.23. The Morgan fingerprint density at radius 2 is 1.90 bits per heavy atom. The Labute approximate surface area is 181 Å². The van der Waals surface area contributed by atoms with Crippen LogP contribution in [0.15, 0.2) is 70.2 Å². The molecular weight excluding hydrogens is 446 g/mol. The lowest BCUT2D eigenvalue weighted by Crippen LogP contribution is -2.30. The Balaban J connectivity index is 1.56. The number of benzene rings is 2. The fourth-order valence-corrected chi connectivity index (χ4v) is 3.39. The van der Waals surface area contributed by atoms with Crippen LogP contribution in [-0.4, -0.2) is 25.3 Å². The van der Waals surface area contributed by atoms with E-state index in [9.17, 15) is 9.59 Å². The second-order valence-electron chi connectivity index (χ2n) is 7.29. The zero-order valence-corrected chi connectivity index (χ0v) is 18.1. The van der Waals surface area contributed by atoms with Gasteiger partial charge in [-0.1, -0.05) is 54.0 Å². The molecule has 0 saturated heterocycles. The Morgan fingerprint density at radius 1 is 1.13 bits per heavy atom. The van der Waals surface area contributed by atoms with E-state index in [1.165, 1.54) is 10.8 Å². The van der Waals surface area contributed by atoms with Crippen LogP contribution < -0.4 is 10.9 Å². The van der Waals surface area contributed by atoms with Crippen LogP contribution in [0.3, 0.4) is 0 Å². The van der Waals surface area contributed by atoms with E-state index in [4.69, 9.17) is 0 Å². The molecule has 0 aliphatic heterocycles. The Hall–Kier alpha value is -3.26. The van der Waals surface area contributed by atoms with Crippen molar-refractivity contribution in [2.75, 3.05) is 5.32 Å². The number of carbonyl (C=O) groups is 1. The van der Waals surface area contributed by atoms with Crippen molar-refractivity contribution in [2.24, 2.45) is 0 Å². The smallest absolute Gasteiger partial charge is 0.293 e. The Bertz CT molecular complexity index is 1270. The van der Waals surface area contributed by atoms with E-state index < -0.39 is 0 Å². The lowest BCUT2D eigenvalue weighted by molar-refractivity contribution is -0.117. The molecule has 0 aliphatic carbocycles. The fraction of sp³-hybridized carbons (Fsp3) is 0.182. The van der Waals surface area contributed by atoms with Gasteiger partial charge < -0.3 is 5.32 Å². The van der Waals surface area contributed by atoms with Gasteiger partial charge in [-0.3, -0.25) is 9.59 Å². The van der Waals surface area contributed by atoms with Crippen LogP contribution in [0.25, 0.3) is 16.8 Å². The maximum atomic E-state index is 12.8. The first-order valence-corrected chi connectivity index (χ1v) is 10.3. The molecule has 30 heavy (non-hydrogen) atoms. The minimum absolute atomic E-state index is 0.181. The molecule has 0 atom stereocenters. The number of anilines is 1. The van der Waals surface area contributed by atoms with Crippen LogP contribution in [0.5, 0.6) is 0 Å². The molecule has 152 valence electrons. The van der Waals surface area contributed by atoms with Crippen molar-refractivity contribution in [3.63, 3.8) is 0 Å². The lowest BCUT2D eigenvalue weighted by atomic mass is 10.0. The predicted octanol–water partition coefficient (Wildman–Crippen LogP) is 4.08.